The molecule has 0 fully saturated rings. The summed E-state index contributed by atoms with van der Waals surface area (Å²) in [5.41, 5.74) is 8.08. The molecule has 0 aliphatic heterocycles. The SMILES string of the molecule is Cc1ccc(S(=O)(=O)OC2Cc3ccc(cc3)CCc3ccc(cc3)CCc3ccc2cc3)cc1. The Bertz CT molecular complexity index is 1370. The van der Waals surface area contributed by atoms with Crippen molar-refractivity contribution in [3.8, 4) is 0 Å². The molecule has 0 heterocycles. The summed E-state index contributed by atoms with van der Waals surface area (Å²) < 4.78 is 32.1. The third-order valence-corrected chi connectivity index (χ3v) is 8.11. The molecular weight excluding hydrogens is 452 g/mol. The van der Waals surface area contributed by atoms with Crippen molar-refractivity contribution in [1.29, 1.82) is 0 Å². The Labute approximate surface area is 208 Å². The minimum absolute atomic E-state index is 0.181. The topological polar surface area (TPSA) is 43.4 Å². The minimum Gasteiger partial charge on any atom is -0.258 e. The first-order chi connectivity index (χ1) is 16.9. The van der Waals surface area contributed by atoms with Crippen molar-refractivity contribution in [3.63, 3.8) is 0 Å². The second-order valence-electron chi connectivity index (χ2n) is 9.43. The first kappa shape index (κ1) is 23.5. The van der Waals surface area contributed by atoms with Crippen LogP contribution >= 0.6 is 0 Å². The van der Waals surface area contributed by atoms with E-state index in [0.717, 1.165) is 42.4 Å². The summed E-state index contributed by atoms with van der Waals surface area (Å²) in [6.45, 7) is 1.93. The van der Waals surface area contributed by atoms with Crippen LogP contribution in [0.2, 0.25) is 0 Å². The Morgan fingerprint density at radius 3 is 1.43 bits per heavy atom. The van der Waals surface area contributed by atoms with Gasteiger partial charge in [-0.05, 0) is 78.1 Å². The lowest BCUT2D eigenvalue weighted by atomic mass is 9.96. The molecule has 0 saturated heterocycles. The summed E-state index contributed by atoms with van der Waals surface area (Å²) in [5, 5.41) is 0. The highest BCUT2D eigenvalue weighted by atomic mass is 32.2. The van der Waals surface area contributed by atoms with E-state index in [1.165, 1.54) is 22.3 Å². The van der Waals surface area contributed by atoms with Gasteiger partial charge in [-0.3, -0.25) is 4.18 Å². The molecule has 0 spiro atoms. The highest BCUT2D eigenvalue weighted by Gasteiger charge is 2.24. The molecule has 0 amide bonds. The maximum absolute atomic E-state index is 13.1. The fraction of sp³-hybridized carbons (Fsp3) is 0.226. The van der Waals surface area contributed by atoms with Gasteiger partial charge in [-0.15, -0.1) is 0 Å². The Balaban J connectivity index is 1.48. The van der Waals surface area contributed by atoms with Crippen LogP contribution in [0.4, 0.5) is 0 Å². The van der Waals surface area contributed by atoms with Gasteiger partial charge in [0.15, 0.2) is 0 Å². The van der Waals surface area contributed by atoms with E-state index in [1.54, 1.807) is 24.3 Å². The minimum atomic E-state index is -3.91. The fourth-order valence-corrected chi connectivity index (χ4v) is 5.59. The number of benzene rings is 4. The zero-order valence-corrected chi connectivity index (χ0v) is 20.8. The van der Waals surface area contributed by atoms with E-state index in [4.69, 9.17) is 4.18 Å². The van der Waals surface area contributed by atoms with Crippen molar-refractivity contribution in [3.05, 3.63) is 136 Å². The lowest BCUT2D eigenvalue weighted by Gasteiger charge is -2.19. The standard InChI is InChI=1S/C31H30O3S/c1-23-2-20-30(21-3-23)35(32,33)34-31-22-28-14-12-26(13-15-28)9-8-24-4-6-25(7-5-24)10-11-27-16-18-29(31)19-17-27/h2-7,12-21,31H,8-11,22H2,1H3. The molecule has 4 aromatic carbocycles. The van der Waals surface area contributed by atoms with E-state index in [0.29, 0.717) is 6.42 Å². The van der Waals surface area contributed by atoms with Gasteiger partial charge >= 0.3 is 0 Å². The Kier molecular flexibility index (Phi) is 6.85. The van der Waals surface area contributed by atoms with Crippen molar-refractivity contribution in [2.24, 2.45) is 0 Å². The van der Waals surface area contributed by atoms with Crippen LogP contribution in [0, 0.1) is 6.92 Å². The highest BCUT2D eigenvalue weighted by Crippen LogP contribution is 2.28. The smallest absolute Gasteiger partial charge is 0.258 e. The molecule has 0 N–H and O–H groups in total. The van der Waals surface area contributed by atoms with Crippen LogP contribution in [0.3, 0.4) is 0 Å². The number of rotatable bonds is 3. The molecule has 3 nitrogen and oxygen atoms in total. The van der Waals surface area contributed by atoms with Crippen LogP contribution in [0.15, 0.2) is 102 Å². The molecule has 4 aliphatic carbocycles. The summed E-state index contributed by atoms with van der Waals surface area (Å²) in [6.07, 6.45) is 3.76. The van der Waals surface area contributed by atoms with Crippen LogP contribution < -0.4 is 0 Å². The Morgan fingerprint density at radius 2 is 0.971 bits per heavy atom. The van der Waals surface area contributed by atoms with Crippen LogP contribution in [0.25, 0.3) is 0 Å². The maximum Gasteiger partial charge on any atom is 0.297 e. The molecule has 1 atom stereocenters. The van der Waals surface area contributed by atoms with Gasteiger partial charge in [-0.1, -0.05) is 90.5 Å². The third-order valence-electron chi connectivity index (χ3n) is 6.78. The van der Waals surface area contributed by atoms with Crippen LogP contribution in [0.5, 0.6) is 0 Å². The van der Waals surface area contributed by atoms with E-state index < -0.39 is 16.2 Å². The molecule has 4 aromatic rings. The van der Waals surface area contributed by atoms with E-state index >= 15 is 0 Å². The van der Waals surface area contributed by atoms with Gasteiger partial charge < -0.3 is 0 Å². The van der Waals surface area contributed by atoms with Crippen molar-refractivity contribution >= 4 is 10.1 Å². The van der Waals surface area contributed by atoms with Gasteiger partial charge in [-0.25, -0.2) is 0 Å². The normalized spacial score (nSPS) is 16.2. The lowest BCUT2D eigenvalue weighted by molar-refractivity contribution is 0.213. The zero-order chi connectivity index (χ0) is 24.3. The average Bonchev–Trinajstić information content (AvgIpc) is 2.87. The van der Waals surface area contributed by atoms with Gasteiger partial charge in [0, 0.05) is 6.42 Å². The molecule has 4 heteroatoms. The van der Waals surface area contributed by atoms with Crippen molar-refractivity contribution in [2.45, 2.75) is 50.0 Å². The van der Waals surface area contributed by atoms with E-state index in [1.807, 2.05) is 19.1 Å². The summed E-state index contributed by atoms with van der Waals surface area (Å²) in [6, 6.07) is 32.4. The summed E-state index contributed by atoms with van der Waals surface area (Å²) >= 11 is 0. The molecule has 0 saturated carbocycles. The number of hydrogen-bond acceptors (Lipinski definition) is 3. The van der Waals surface area contributed by atoms with Crippen molar-refractivity contribution in [1.82, 2.24) is 0 Å². The predicted octanol–water partition coefficient (Wildman–Crippen LogP) is 6.57. The summed E-state index contributed by atoms with van der Waals surface area (Å²) in [4.78, 5) is 0.181. The Morgan fingerprint density at radius 1 is 0.571 bits per heavy atom. The second-order valence-corrected chi connectivity index (χ2v) is 11.0. The van der Waals surface area contributed by atoms with Gasteiger partial charge in [0.1, 0.15) is 6.10 Å². The lowest BCUT2D eigenvalue weighted by Crippen LogP contribution is -2.15. The quantitative estimate of drug-likeness (QED) is 0.310. The maximum atomic E-state index is 13.1. The highest BCUT2D eigenvalue weighted by molar-refractivity contribution is 7.86. The van der Waals surface area contributed by atoms with Crippen LogP contribution in [0.1, 0.15) is 45.0 Å². The fourth-order valence-electron chi connectivity index (χ4n) is 4.53. The van der Waals surface area contributed by atoms with Crippen LogP contribution in [-0.2, 0) is 46.4 Å². The summed E-state index contributed by atoms with van der Waals surface area (Å²) in [5.74, 6) is 0. The molecular formula is C31H30O3S. The monoisotopic (exact) mass is 482 g/mol. The Hall–Kier alpha value is -3.21. The molecule has 0 aromatic heterocycles. The molecule has 0 radical (unpaired) electrons. The largest absolute Gasteiger partial charge is 0.297 e. The molecule has 6 bridgehead atoms. The number of hydrogen-bond donors (Lipinski definition) is 0. The molecule has 4 aliphatic rings. The van der Waals surface area contributed by atoms with Gasteiger partial charge in [0.05, 0.1) is 4.90 Å². The second kappa shape index (κ2) is 10.2. The predicted molar refractivity (Wildman–Crippen MR) is 140 cm³/mol. The zero-order valence-electron chi connectivity index (χ0n) is 20.0. The molecule has 8 rings (SSSR count). The van der Waals surface area contributed by atoms with Crippen LogP contribution in [-0.4, -0.2) is 8.42 Å². The van der Waals surface area contributed by atoms with E-state index in [9.17, 15) is 8.42 Å². The van der Waals surface area contributed by atoms with E-state index in [-0.39, 0.29) is 4.90 Å². The number of fused-ring (bicyclic) bond motifs is 3. The molecule has 1 unspecified atom stereocenters. The van der Waals surface area contributed by atoms with Gasteiger partial charge in [0.2, 0.25) is 0 Å². The first-order valence-electron chi connectivity index (χ1n) is 12.2. The molecule has 178 valence electrons. The van der Waals surface area contributed by atoms with Gasteiger partial charge in [-0.2, -0.15) is 8.42 Å². The third kappa shape index (κ3) is 5.90. The van der Waals surface area contributed by atoms with Crippen molar-refractivity contribution < 1.29 is 12.6 Å². The summed E-state index contributed by atoms with van der Waals surface area (Å²) in [7, 11) is -3.91. The van der Waals surface area contributed by atoms with E-state index in [2.05, 4.69) is 60.7 Å². The average molecular weight is 483 g/mol. The van der Waals surface area contributed by atoms with Crippen molar-refractivity contribution in [2.75, 3.05) is 0 Å². The molecule has 35 heavy (non-hydrogen) atoms. The first-order valence-corrected chi connectivity index (χ1v) is 13.6. The number of aryl methyl sites for hydroxylation is 5. The van der Waals surface area contributed by atoms with Gasteiger partial charge in [0.25, 0.3) is 10.1 Å².